The molecule has 0 radical (unpaired) electrons. The predicted octanol–water partition coefficient (Wildman–Crippen LogP) is 2.60. The van der Waals surface area contributed by atoms with Crippen molar-refractivity contribution in [3.63, 3.8) is 0 Å². The van der Waals surface area contributed by atoms with Gasteiger partial charge in [0.1, 0.15) is 0 Å². The molecule has 9 heteroatoms. The van der Waals surface area contributed by atoms with E-state index in [1.807, 2.05) is 121 Å². The summed E-state index contributed by atoms with van der Waals surface area (Å²) in [5.41, 5.74) is 6.86. The zero-order valence-electron chi connectivity index (χ0n) is 30.7. The number of nitrogens with zero attached hydrogens (tertiary/aromatic N) is 3. The summed E-state index contributed by atoms with van der Waals surface area (Å²) in [6, 6.07) is 49.3. The number of hydrogen-bond acceptors (Lipinski definition) is 5. The van der Waals surface area contributed by atoms with Crippen molar-refractivity contribution in [2.45, 2.75) is 0 Å². The van der Waals surface area contributed by atoms with Gasteiger partial charge in [-0.1, -0.05) is 115 Å². The Morgan fingerprint density at radius 3 is 1.57 bits per heavy atom. The van der Waals surface area contributed by atoms with Gasteiger partial charge in [0.05, 0.1) is 5.39 Å². The van der Waals surface area contributed by atoms with Gasteiger partial charge in [-0.25, -0.2) is 24.9 Å². The van der Waals surface area contributed by atoms with E-state index in [2.05, 4.69) is 34.2 Å². The summed E-state index contributed by atoms with van der Waals surface area (Å²) in [6.07, 6.45) is 3.55. The minimum atomic E-state index is -0.0913. The third-order valence-corrected chi connectivity index (χ3v) is 10.1. The third-order valence-electron chi connectivity index (χ3n) is 10.1. The van der Waals surface area contributed by atoms with Crippen LogP contribution in [0.25, 0.3) is 99.8 Å². The number of aromatic nitrogens is 5. The van der Waals surface area contributed by atoms with Crippen LogP contribution in [0.4, 0.5) is 0 Å². The Morgan fingerprint density at radius 2 is 0.911 bits per heavy atom. The van der Waals surface area contributed by atoms with E-state index in [1.165, 1.54) is 0 Å². The minimum absolute atomic E-state index is 0. The molecule has 0 unspecified atom stereocenters. The average molecular weight is 710 g/mol. The van der Waals surface area contributed by atoms with Gasteiger partial charge in [0, 0.05) is 34.2 Å². The Balaban J connectivity index is 0.00000220. The van der Waals surface area contributed by atoms with Crippen LogP contribution in [0.15, 0.2) is 164 Å². The fourth-order valence-electron chi connectivity index (χ4n) is 7.62. The average Bonchev–Trinajstić information content (AvgIpc) is 3.24. The van der Waals surface area contributed by atoms with Crippen LogP contribution in [-0.2, 0) is 0 Å². The van der Waals surface area contributed by atoms with Crippen LogP contribution in [0.3, 0.4) is 0 Å². The minimum Gasteiger partial charge on any atom is -0.868 e. The van der Waals surface area contributed by atoms with Crippen LogP contribution in [0, 0.1) is 0 Å². The number of aromatic amines is 2. The molecular weight excluding hydrogens is 680 g/mol. The van der Waals surface area contributed by atoms with Crippen LogP contribution >= 0.6 is 0 Å². The van der Waals surface area contributed by atoms with E-state index in [0.717, 1.165) is 65.7 Å². The maximum Gasteiger partial charge on any atom is 1.00 e. The summed E-state index contributed by atoms with van der Waals surface area (Å²) in [4.78, 5) is 21.3. The molecule has 0 aliphatic rings. The van der Waals surface area contributed by atoms with Gasteiger partial charge in [-0.3, -0.25) is 0 Å². The maximum atomic E-state index is 14.4. The predicted molar refractivity (Wildman–Crippen MR) is 209 cm³/mol. The molecule has 0 amide bonds. The van der Waals surface area contributed by atoms with Gasteiger partial charge in [0.2, 0.25) is 11.0 Å². The van der Waals surface area contributed by atoms with Crippen LogP contribution in [-0.4, -0.2) is 15.0 Å². The Hall–Kier alpha value is -6.32. The van der Waals surface area contributed by atoms with Gasteiger partial charge in [0.15, 0.2) is 29.9 Å². The quantitative estimate of drug-likeness (QED) is 0.202. The normalized spacial score (nSPS) is 11.1. The fraction of sp³-hybridized carbons (Fsp3) is 0. The van der Waals surface area contributed by atoms with E-state index in [1.54, 1.807) is 18.5 Å². The number of nitrogens with one attached hydrogen (secondary N) is 2. The third kappa shape index (κ3) is 6.18. The van der Waals surface area contributed by atoms with E-state index < -0.39 is 0 Å². The second kappa shape index (κ2) is 15.1. The van der Waals surface area contributed by atoms with Gasteiger partial charge >= 0.3 is 37.7 Å². The standard InChI is InChI=1S/C47H29N5O2.2Li/c53-39-24-23-34(36-18-10-26-49-43(36)39)40-32-16-7-8-17-33(32)41(37-22-19-28-15-9-25-48-42(28)44(37)54)38-27-31(20-21-35(38)40)47-51-45(29-11-3-1-4-12-29)50-46(52-47)30-13-5-2-6-14-30;;/h1-27,53-54H;;/q;2*+1. The number of fused-ring (bicyclic) bond motifs is 4. The first-order chi connectivity index (χ1) is 26.6. The number of rotatable bonds is 5. The SMILES string of the molecule is [Li+].[Li+].[O-]c1c(-c2c3ccccc3c(-c3ccc([O-])c4[nH+]cccc34)c3ccc(-c4nc(-c5ccccc5)nc(-c5ccccc5)n4)cc23)ccc2ccc[nH+]c12. The number of pyridine rings is 2. The second-order valence-electron chi connectivity index (χ2n) is 13.2. The van der Waals surface area contributed by atoms with E-state index in [0.29, 0.717) is 34.1 Å². The van der Waals surface area contributed by atoms with E-state index >= 15 is 0 Å². The summed E-state index contributed by atoms with van der Waals surface area (Å²) in [7, 11) is 0. The van der Waals surface area contributed by atoms with Crippen molar-refractivity contribution in [3.8, 4) is 67.9 Å². The largest absolute Gasteiger partial charge is 1.00 e. The molecule has 0 saturated heterocycles. The van der Waals surface area contributed by atoms with Gasteiger partial charge in [0.25, 0.3) is 0 Å². The van der Waals surface area contributed by atoms with Crippen LogP contribution in [0.5, 0.6) is 11.5 Å². The summed E-state index contributed by atoms with van der Waals surface area (Å²) < 4.78 is 0. The monoisotopic (exact) mass is 709 g/mol. The van der Waals surface area contributed by atoms with E-state index in [4.69, 9.17) is 15.0 Å². The summed E-state index contributed by atoms with van der Waals surface area (Å²) in [6.45, 7) is 0. The van der Waals surface area contributed by atoms with Gasteiger partial charge in [-0.2, -0.15) is 0 Å². The van der Waals surface area contributed by atoms with Crippen molar-refractivity contribution in [2.75, 3.05) is 0 Å². The Bertz CT molecular complexity index is 3030. The molecule has 0 bridgehead atoms. The zero-order chi connectivity index (χ0) is 36.2. The first-order valence-corrected chi connectivity index (χ1v) is 17.7. The van der Waals surface area contributed by atoms with Crippen molar-refractivity contribution < 1.29 is 57.9 Å². The van der Waals surface area contributed by atoms with E-state index in [-0.39, 0.29) is 49.2 Å². The molecule has 0 saturated carbocycles. The maximum absolute atomic E-state index is 14.4. The molecule has 0 spiro atoms. The first kappa shape index (κ1) is 36.7. The molecule has 10 aromatic rings. The molecule has 7 nitrogen and oxygen atoms in total. The molecule has 7 aromatic carbocycles. The molecule has 254 valence electrons. The van der Waals surface area contributed by atoms with Crippen LogP contribution < -0.4 is 57.9 Å². The van der Waals surface area contributed by atoms with Crippen LogP contribution in [0.2, 0.25) is 0 Å². The van der Waals surface area contributed by atoms with Gasteiger partial charge in [-0.05, 0) is 79.6 Å². The Kier molecular flexibility index (Phi) is 9.87. The van der Waals surface area contributed by atoms with E-state index in [9.17, 15) is 10.2 Å². The van der Waals surface area contributed by atoms with Crippen molar-refractivity contribution >= 4 is 43.4 Å². The summed E-state index contributed by atoms with van der Waals surface area (Å²) in [5, 5.41) is 32.8. The van der Waals surface area contributed by atoms with Crippen molar-refractivity contribution in [1.29, 1.82) is 0 Å². The topological polar surface area (TPSA) is 113 Å². The Labute approximate surface area is 346 Å². The fourth-order valence-corrected chi connectivity index (χ4v) is 7.62. The molecule has 0 fully saturated rings. The first-order valence-electron chi connectivity index (χ1n) is 17.7. The number of benzene rings is 7. The zero-order valence-corrected chi connectivity index (χ0v) is 30.7. The molecule has 0 aliphatic carbocycles. The Morgan fingerprint density at radius 1 is 0.393 bits per heavy atom. The molecule has 3 aromatic heterocycles. The molecule has 2 N–H and O–H groups in total. The van der Waals surface area contributed by atoms with Gasteiger partial charge < -0.3 is 10.2 Å². The van der Waals surface area contributed by atoms with Crippen molar-refractivity contribution in [1.82, 2.24) is 15.0 Å². The molecular formula is C47H29Li2N5O2+2. The smallest absolute Gasteiger partial charge is 0.868 e. The molecule has 0 atom stereocenters. The molecule has 56 heavy (non-hydrogen) atoms. The number of hydrogen-bond donors (Lipinski definition) is 0. The van der Waals surface area contributed by atoms with Gasteiger partial charge in [-0.15, -0.1) is 0 Å². The molecule has 10 rings (SSSR count). The van der Waals surface area contributed by atoms with Crippen LogP contribution in [0.1, 0.15) is 0 Å². The molecule has 3 heterocycles. The summed E-state index contributed by atoms with van der Waals surface area (Å²) in [5.74, 6) is 1.46. The second-order valence-corrected chi connectivity index (χ2v) is 13.2. The van der Waals surface area contributed by atoms with Crippen molar-refractivity contribution in [3.05, 3.63) is 164 Å². The number of H-pyrrole nitrogens is 2. The summed E-state index contributed by atoms with van der Waals surface area (Å²) >= 11 is 0. The molecule has 0 aliphatic heterocycles. The van der Waals surface area contributed by atoms with Crippen molar-refractivity contribution in [2.24, 2.45) is 0 Å².